The molecular formula is C19H20N4O2S2. The van der Waals surface area contributed by atoms with E-state index in [0.717, 1.165) is 30.0 Å². The third-order valence-electron chi connectivity index (χ3n) is 4.71. The van der Waals surface area contributed by atoms with E-state index >= 15 is 0 Å². The van der Waals surface area contributed by atoms with Gasteiger partial charge >= 0.3 is 0 Å². The first kappa shape index (κ1) is 18.2. The van der Waals surface area contributed by atoms with Crippen molar-refractivity contribution in [1.82, 2.24) is 20.0 Å². The monoisotopic (exact) mass is 400 g/mol. The van der Waals surface area contributed by atoms with E-state index in [4.69, 9.17) is 4.52 Å². The molecule has 0 N–H and O–H groups in total. The standard InChI is InChI=1S/C19H20N4O2S2/c1-26-18-15(5-2-7-20-18)19(24)23-8-3-4-13(11-23)10-16-21-17(22-25-16)14-6-9-27-12-14/h2,5-7,9,12-13H,3-4,8,10-11H2,1H3/t13-/m1/s1. The number of carbonyl (C=O) groups excluding carboxylic acids is 1. The van der Waals surface area contributed by atoms with Crippen molar-refractivity contribution in [2.45, 2.75) is 24.3 Å². The van der Waals surface area contributed by atoms with Crippen LogP contribution in [-0.2, 0) is 6.42 Å². The summed E-state index contributed by atoms with van der Waals surface area (Å²) in [5, 5.41) is 8.86. The summed E-state index contributed by atoms with van der Waals surface area (Å²) in [6.07, 6.45) is 6.41. The summed E-state index contributed by atoms with van der Waals surface area (Å²) in [5.41, 5.74) is 1.67. The number of aromatic nitrogens is 3. The van der Waals surface area contributed by atoms with E-state index in [1.807, 2.05) is 40.1 Å². The molecule has 1 saturated heterocycles. The highest BCUT2D eigenvalue weighted by Crippen LogP contribution is 2.25. The van der Waals surface area contributed by atoms with Crippen LogP contribution in [0.15, 0.2) is 44.7 Å². The Morgan fingerprint density at radius 3 is 3.19 bits per heavy atom. The fourth-order valence-corrected chi connectivity index (χ4v) is 4.57. The van der Waals surface area contributed by atoms with Gasteiger partial charge in [-0.05, 0) is 48.6 Å². The van der Waals surface area contributed by atoms with Crippen molar-refractivity contribution in [1.29, 1.82) is 0 Å². The first-order valence-electron chi connectivity index (χ1n) is 8.88. The van der Waals surface area contributed by atoms with Gasteiger partial charge in [0, 0.05) is 36.7 Å². The number of hydrogen-bond acceptors (Lipinski definition) is 7. The molecular weight excluding hydrogens is 380 g/mol. The van der Waals surface area contributed by atoms with Crippen LogP contribution in [0.3, 0.4) is 0 Å². The summed E-state index contributed by atoms with van der Waals surface area (Å²) in [5.74, 6) is 1.66. The van der Waals surface area contributed by atoms with Crippen LogP contribution < -0.4 is 0 Å². The van der Waals surface area contributed by atoms with Crippen molar-refractivity contribution < 1.29 is 9.32 Å². The molecule has 0 bridgehead atoms. The third kappa shape index (κ3) is 4.06. The van der Waals surface area contributed by atoms with E-state index in [2.05, 4.69) is 15.1 Å². The molecule has 0 radical (unpaired) electrons. The van der Waals surface area contributed by atoms with Gasteiger partial charge < -0.3 is 9.42 Å². The van der Waals surface area contributed by atoms with Gasteiger partial charge in [-0.25, -0.2) is 4.98 Å². The van der Waals surface area contributed by atoms with E-state index < -0.39 is 0 Å². The number of thioether (sulfide) groups is 1. The van der Waals surface area contributed by atoms with Crippen molar-refractivity contribution in [2.24, 2.45) is 5.92 Å². The molecule has 140 valence electrons. The zero-order chi connectivity index (χ0) is 18.6. The molecule has 0 spiro atoms. The molecule has 1 aliphatic heterocycles. The van der Waals surface area contributed by atoms with Crippen LogP contribution in [0.4, 0.5) is 0 Å². The molecule has 1 aliphatic rings. The molecule has 0 saturated carbocycles. The number of amides is 1. The molecule has 27 heavy (non-hydrogen) atoms. The van der Waals surface area contributed by atoms with Crippen LogP contribution in [0, 0.1) is 5.92 Å². The molecule has 0 unspecified atom stereocenters. The Morgan fingerprint density at radius 2 is 2.37 bits per heavy atom. The normalized spacial score (nSPS) is 17.2. The molecule has 1 amide bonds. The van der Waals surface area contributed by atoms with Crippen molar-refractivity contribution >= 4 is 29.0 Å². The number of likely N-dealkylation sites (tertiary alicyclic amines) is 1. The lowest BCUT2D eigenvalue weighted by Gasteiger charge is -2.32. The molecule has 8 heteroatoms. The van der Waals surface area contributed by atoms with Crippen molar-refractivity contribution in [3.05, 3.63) is 46.6 Å². The largest absolute Gasteiger partial charge is 0.339 e. The quantitative estimate of drug-likeness (QED) is 0.603. The van der Waals surface area contributed by atoms with Crippen LogP contribution >= 0.6 is 23.1 Å². The van der Waals surface area contributed by atoms with Crippen LogP contribution in [0.2, 0.25) is 0 Å². The number of pyridine rings is 1. The van der Waals surface area contributed by atoms with Crippen LogP contribution in [0.1, 0.15) is 29.1 Å². The van der Waals surface area contributed by atoms with E-state index in [-0.39, 0.29) is 5.91 Å². The smallest absolute Gasteiger partial charge is 0.256 e. The topological polar surface area (TPSA) is 72.1 Å². The number of carbonyl (C=O) groups is 1. The van der Waals surface area contributed by atoms with Crippen molar-refractivity contribution in [2.75, 3.05) is 19.3 Å². The second kappa shape index (κ2) is 8.22. The molecule has 3 aromatic rings. The highest BCUT2D eigenvalue weighted by atomic mass is 32.2. The molecule has 1 atom stereocenters. The summed E-state index contributed by atoms with van der Waals surface area (Å²) in [6, 6.07) is 5.66. The van der Waals surface area contributed by atoms with Gasteiger partial charge in [-0.3, -0.25) is 4.79 Å². The van der Waals surface area contributed by atoms with Gasteiger partial charge in [0.25, 0.3) is 5.91 Å². The van der Waals surface area contributed by atoms with Gasteiger partial charge in [0.2, 0.25) is 11.7 Å². The molecule has 0 aromatic carbocycles. The number of rotatable bonds is 5. The van der Waals surface area contributed by atoms with Gasteiger partial charge in [-0.2, -0.15) is 16.3 Å². The van der Waals surface area contributed by atoms with E-state index in [1.165, 1.54) is 11.8 Å². The minimum Gasteiger partial charge on any atom is -0.339 e. The summed E-state index contributed by atoms with van der Waals surface area (Å²) in [6.45, 7) is 1.49. The highest BCUT2D eigenvalue weighted by Gasteiger charge is 2.27. The fourth-order valence-electron chi connectivity index (χ4n) is 3.40. The van der Waals surface area contributed by atoms with E-state index in [1.54, 1.807) is 17.5 Å². The van der Waals surface area contributed by atoms with Gasteiger partial charge in [-0.15, -0.1) is 11.8 Å². The van der Waals surface area contributed by atoms with Crippen molar-refractivity contribution in [3.8, 4) is 11.4 Å². The summed E-state index contributed by atoms with van der Waals surface area (Å²) in [7, 11) is 0. The molecule has 1 fully saturated rings. The van der Waals surface area contributed by atoms with Crippen molar-refractivity contribution in [3.63, 3.8) is 0 Å². The van der Waals surface area contributed by atoms with E-state index in [0.29, 0.717) is 36.2 Å². The second-order valence-electron chi connectivity index (χ2n) is 6.55. The number of nitrogens with zero attached hydrogens (tertiary/aromatic N) is 4. The Morgan fingerprint density at radius 1 is 1.44 bits per heavy atom. The van der Waals surface area contributed by atoms with Crippen LogP contribution in [0.25, 0.3) is 11.4 Å². The zero-order valence-electron chi connectivity index (χ0n) is 15.0. The van der Waals surface area contributed by atoms with Crippen LogP contribution in [0.5, 0.6) is 0 Å². The number of piperidine rings is 1. The first-order chi connectivity index (χ1) is 13.2. The molecule has 4 rings (SSSR count). The SMILES string of the molecule is CSc1ncccc1C(=O)N1CCC[C@H](Cc2nc(-c3ccsc3)no2)C1. The lowest BCUT2D eigenvalue weighted by atomic mass is 9.94. The number of thiophene rings is 1. The molecule has 6 nitrogen and oxygen atoms in total. The Balaban J connectivity index is 1.43. The first-order valence-corrected chi connectivity index (χ1v) is 11.0. The predicted octanol–water partition coefficient (Wildman–Crippen LogP) is 4.01. The molecule has 0 aliphatic carbocycles. The summed E-state index contributed by atoms with van der Waals surface area (Å²) in [4.78, 5) is 23.7. The van der Waals surface area contributed by atoms with Gasteiger partial charge in [0.1, 0.15) is 5.03 Å². The lowest BCUT2D eigenvalue weighted by Crippen LogP contribution is -2.40. The predicted molar refractivity (Wildman–Crippen MR) is 106 cm³/mol. The van der Waals surface area contributed by atoms with Gasteiger partial charge in [0.15, 0.2) is 0 Å². The number of hydrogen-bond donors (Lipinski definition) is 0. The fraction of sp³-hybridized carbons (Fsp3) is 0.368. The Bertz CT molecular complexity index is 910. The van der Waals surface area contributed by atoms with Crippen LogP contribution in [-0.4, -0.2) is 45.3 Å². The third-order valence-corrected chi connectivity index (χ3v) is 6.11. The lowest BCUT2D eigenvalue weighted by molar-refractivity contribution is 0.0664. The minimum atomic E-state index is 0.0571. The highest BCUT2D eigenvalue weighted by molar-refractivity contribution is 7.98. The maximum atomic E-state index is 13.0. The minimum absolute atomic E-state index is 0.0571. The van der Waals surface area contributed by atoms with E-state index in [9.17, 15) is 4.79 Å². The maximum Gasteiger partial charge on any atom is 0.256 e. The molecule has 4 heterocycles. The second-order valence-corrected chi connectivity index (χ2v) is 8.12. The zero-order valence-corrected chi connectivity index (χ0v) is 16.6. The molecule has 3 aromatic heterocycles. The maximum absolute atomic E-state index is 13.0. The Kier molecular flexibility index (Phi) is 5.54. The summed E-state index contributed by atoms with van der Waals surface area (Å²) >= 11 is 3.11. The Hall–Kier alpha value is -2.19. The average molecular weight is 401 g/mol. The summed E-state index contributed by atoms with van der Waals surface area (Å²) < 4.78 is 5.43. The van der Waals surface area contributed by atoms with Gasteiger partial charge in [-0.1, -0.05) is 5.16 Å². The Labute approximate surface area is 166 Å². The average Bonchev–Trinajstić information content (AvgIpc) is 3.39. The van der Waals surface area contributed by atoms with Gasteiger partial charge in [0.05, 0.1) is 5.56 Å².